The first-order valence-electron chi connectivity index (χ1n) is 38.4. The van der Waals surface area contributed by atoms with Gasteiger partial charge in [0.15, 0.2) is 0 Å². The maximum atomic E-state index is 12.5. The number of hydrogen-bond acceptors (Lipinski definition) is 5. The number of nitrogens with one attached hydrogen (secondary N) is 1. The Bertz CT molecular complexity index is 1260. The van der Waals surface area contributed by atoms with E-state index in [9.17, 15) is 19.8 Å². The van der Waals surface area contributed by atoms with E-state index in [4.69, 9.17) is 4.74 Å². The number of carbonyl (C=O) groups is 2. The molecule has 6 nitrogen and oxygen atoms in total. The summed E-state index contributed by atoms with van der Waals surface area (Å²) in [6.45, 7) is 5.00. The van der Waals surface area contributed by atoms with Crippen molar-refractivity contribution < 1.29 is 24.5 Å². The number of allylic oxidation sites excluding steroid dienone is 2. The van der Waals surface area contributed by atoms with Crippen LogP contribution in [-0.4, -0.2) is 47.4 Å². The van der Waals surface area contributed by atoms with Gasteiger partial charge in [0.2, 0.25) is 5.91 Å². The fourth-order valence-electron chi connectivity index (χ4n) is 12.5. The number of unbranched alkanes of at least 4 members (excludes halogenated alkanes) is 60. The van der Waals surface area contributed by atoms with Crippen molar-refractivity contribution in [2.24, 2.45) is 0 Å². The number of carbonyl (C=O) groups excluding carboxylic acids is 2. The second-order valence-corrected chi connectivity index (χ2v) is 26.7. The third-order valence-electron chi connectivity index (χ3n) is 18.3. The van der Waals surface area contributed by atoms with Gasteiger partial charge in [-0.2, -0.15) is 0 Å². The maximum absolute atomic E-state index is 12.5. The Hall–Kier alpha value is -1.40. The summed E-state index contributed by atoms with van der Waals surface area (Å²) in [4.78, 5) is 24.6. The largest absolute Gasteiger partial charge is 0.466 e. The topological polar surface area (TPSA) is 95.9 Å². The number of esters is 1. The van der Waals surface area contributed by atoms with Crippen LogP contribution in [0, 0.1) is 0 Å². The van der Waals surface area contributed by atoms with Crippen LogP contribution < -0.4 is 5.32 Å². The van der Waals surface area contributed by atoms with Crippen LogP contribution >= 0.6 is 0 Å². The lowest BCUT2D eigenvalue weighted by molar-refractivity contribution is -0.143. The highest BCUT2D eigenvalue weighted by Gasteiger charge is 2.20. The van der Waals surface area contributed by atoms with Gasteiger partial charge in [-0.3, -0.25) is 9.59 Å². The van der Waals surface area contributed by atoms with E-state index in [-0.39, 0.29) is 18.5 Å². The smallest absolute Gasteiger partial charge is 0.305 e. The number of ether oxygens (including phenoxy) is 1. The maximum Gasteiger partial charge on any atom is 0.305 e. The van der Waals surface area contributed by atoms with Gasteiger partial charge in [0.05, 0.1) is 25.4 Å². The molecule has 2 atom stereocenters. The van der Waals surface area contributed by atoms with E-state index in [0.717, 1.165) is 44.9 Å². The van der Waals surface area contributed by atoms with Crippen molar-refractivity contribution in [1.82, 2.24) is 5.32 Å². The zero-order valence-electron chi connectivity index (χ0n) is 56.7. The molecular weight excluding hydrogens is 1020 g/mol. The van der Waals surface area contributed by atoms with Crippen LogP contribution in [0.15, 0.2) is 12.2 Å². The number of rotatable bonds is 73. The van der Waals surface area contributed by atoms with Gasteiger partial charge >= 0.3 is 5.97 Å². The summed E-state index contributed by atoms with van der Waals surface area (Å²) in [5.74, 6) is -0.00741. The summed E-state index contributed by atoms with van der Waals surface area (Å²) >= 11 is 0. The quantitative estimate of drug-likeness (QED) is 0.0320. The monoisotopic (exact) mass is 1170 g/mol. The minimum Gasteiger partial charge on any atom is -0.466 e. The van der Waals surface area contributed by atoms with Crippen LogP contribution in [0.5, 0.6) is 0 Å². The minimum absolute atomic E-state index is 0.0185. The van der Waals surface area contributed by atoms with E-state index < -0.39 is 12.1 Å². The molecule has 0 aromatic heterocycles. The third-order valence-corrected chi connectivity index (χ3v) is 18.3. The highest BCUT2D eigenvalue weighted by atomic mass is 16.5. The van der Waals surface area contributed by atoms with Gasteiger partial charge in [0.25, 0.3) is 0 Å². The number of aliphatic hydroxyl groups is 2. The molecule has 0 spiro atoms. The molecule has 0 bridgehead atoms. The molecule has 0 fully saturated rings. The standard InChI is InChI=1S/C77H151NO5/c1-3-5-7-9-11-13-15-17-19-21-38-41-45-49-53-57-61-65-69-75(80)74(73-79)78-76(81)70-66-62-58-54-50-46-42-39-35-33-31-29-27-25-23-22-24-26-28-30-32-34-36-40-44-48-52-56-60-64-68-72-83-77(82)71-67-63-59-55-51-47-43-37-20-18-16-14-12-10-8-6-4-2/h18,20,74-75,79-80H,3-17,19,21-73H2,1-2H3,(H,78,81)/b20-18-. The molecular formula is C77H151NO5. The van der Waals surface area contributed by atoms with Gasteiger partial charge in [-0.05, 0) is 51.4 Å². The Morgan fingerprint density at radius 2 is 0.566 bits per heavy atom. The molecule has 0 aromatic carbocycles. The lowest BCUT2D eigenvalue weighted by atomic mass is 10.0. The van der Waals surface area contributed by atoms with E-state index >= 15 is 0 Å². The summed E-state index contributed by atoms with van der Waals surface area (Å²) in [6.07, 6.45) is 91.5. The van der Waals surface area contributed by atoms with Crippen LogP contribution in [0.4, 0.5) is 0 Å². The summed E-state index contributed by atoms with van der Waals surface area (Å²) in [7, 11) is 0. The lowest BCUT2D eigenvalue weighted by Gasteiger charge is -2.22. The first-order chi connectivity index (χ1) is 41.0. The van der Waals surface area contributed by atoms with Gasteiger partial charge in [-0.15, -0.1) is 0 Å². The SMILES string of the molecule is CCCCCCCC/C=C\CCCCCCCCCC(=O)OCCCCCCCCCCCCCCCCCCCCCCCCCCCCCCCCCC(=O)NC(CO)C(O)CCCCCCCCCCCCCCCCCCCC. The molecule has 0 saturated heterocycles. The molecule has 0 rings (SSSR count). The second kappa shape index (κ2) is 73.1. The Kier molecular flexibility index (Phi) is 71.8. The molecule has 0 heterocycles. The second-order valence-electron chi connectivity index (χ2n) is 26.7. The summed E-state index contributed by atoms with van der Waals surface area (Å²) < 4.78 is 5.51. The summed E-state index contributed by atoms with van der Waals surface area (Å²) in [5.41, 5.74) is 0. The zero-order valence-corrected chi connectivity index (χ0v) is 56.7. The molecule has 0 aliphatic carbocycles. The van der Waals surface area contributed by atoms with E-state index in [2.05, 4.69) is 31.3 Å². The van der Waals surface area contributed by atoms with Crippen molar-refractivity contribution in [3.05, 3.63) is 12.2 Å². The van der Waals surface area contributed by atoms with Crippen molar-refractivity contribution in [3.63, 3.8) is 0 Å². The van der Waals surface area contributed by atoms with Crippen LogP contribution in [0.1, 0.15) is 444 Å². The average molecular weight is 1170 g/mol. The highest BCUT2D eigenvalue weighted by molar-refractivity contribution is 5.76. The van der Waals surface area contributed by atoms with E-state index in [0.29, 0.717) is 25.9 Å². The summed E-state index contributed by atoms with van der Waals surface area (Å²) in [6, 6.07) is -0.538. The predicted octanol–water partition coefficient (Wildman–Crippen LogP) is 25.1. The Morgan fingerprint density at radius 3 is 0.855 bits per heavy atom. The van der Waals surface area contributed by atoms with Crippen LogP contribution in [0.3, 0.4) is 0 Å². The number of hydrogen-bond donors (Lipinski definition) is 3. The first kappa shape index (κ1) is 81.6. The van der Waals surface area contributed by atoms with Crippen LogP contribution in [0.25, 0.3) is 0 Å². The Morgan fingerprint density at radius 1 is 0.325 bits per heavy atom. The fourth-order valence-corrected chi connectivity index (χ4v) is 12.5. The molecule has 6 heteroatoms. The molecule has 0 aliphatic heterocycles. The molecule has 0 aliphatic rings. The molecule has 1 amide bonds. The van der Waals surface area contributed by atoms with Gasteiger partial charge in [0, 0.05) is 12.8 Å². The average Bonchev–Trinajstić information content (AvgIpc) is 3.49. The Balaban J connectivity index is 3.31. The van der Waals surface area contributed by atoms with Crippen molar-refractivity contribution in [3.8, 4) is 0 Å². The molecule has 0 radical (unpaired) electrons. The fraction of sp³-hybridized carbons (Fsp3) is 0.948. The van der Waals surface area contributed by atoms with Gasteiger partial charge in [-0.25, -0.2) is 0 Å². The van der Waals surface area contributed by atoms with Gasteiger partial charge < -0.3 is 20.3 Å². The van der Waals surface area contributed by atoms with Crippen molar-refractivity contribution in [2.75, 3.05) is 13.2 Å². The van der Waals surface area contributed by atoms with Crippen molar-refractivity contribution >= 4 is 11.9 Å². The normalized spacial score (nSPS) is 12.5. The number of amides is 1. The van der Waals surface area contributed by atoms with Crippen molar-refractivity contribution in [2.45, 2.75) is 456 Å². The zero-order chi connectivity index (χ0) is 59.9. The third kappa shape index (κ3) is 69.6. The van der Waals surface area contributed by atoms with Crippen LogP contribution in [-0.2, 0) is 14.3 Å². The molecule has 494 valence electrons. The molecule has 3 N–H and O–H groups in total. The van der Waals surface area contributed by atoms with E-state index in [1.807, 2.05) is 0 Å². The van der Waals surface area contributed by atoms with E-state index in [1.165, 1.54) is 366 Å². The molecule has 83 heavy (non-hydrogen) atoms. The van der Waals surface area contributed by atoms with E-state index in [1.54, 1.807) is 0 Å². The summed E-state index contributed by atoms with van der Waals surface area (Å²) in [5, 5.41) is 23.4. The molecule has 0 aromatic rings. The van der Waals surface area contributed by atoms with Crippen molar-refractivity contribution in [1.29, 1.82) is 0 Å². The first-order valence-corrected chi connectivity index (χ1v) is 38.4. The minimum atomic E-state index is -0.661. The van der Waals surface area contributed by atoms with Crippen LogP contribution in [0.2, 0.25) is 0 Å². The number of aliphatic hydroxyl groups excluding tert-OH is 2. The predicted molar refractivity (Wildman–Crippen MR) is 366 cm³/mol. The molecule has 0 saturated carbocycles. The van der Waals surface area contributed by atoms with Gasteiger partial charge in [0.1, 0.15) is 0 Å². The highest BCUT2D eigenvalue weighted by Crippen LogP contribution is 2.20. The Labute approximate surface area is 520 Å². The lowest BCUT2D eigenvalue weighted by Crippen LogP contribution is -2.45. The molecule has 2 unspecified atom stereocenters. The van der Waals surface area contributed by atoms with Gasteiger partial charge in [-0.1, -0.05) is 392 Å².